The second-order valence-electron chi connectivity index (χ2n) is 3.71. The number of rotatable bonds is 1. The smallest absolute Gasteiger partial charge is 0.110 e. The third-order valence-corrected chi connectivity index (χ3v) is 2.58. The average molecular weight is 171 g/mol. The third kappa shape index (κ3) is 1.05. The van der Waals surface area contributed by atoms with Gasteiger partial charge in [-0.25, -0.2) is 4.98 Å². The minimum atomic E-state index is 0.687. The van der Waals surface area contributed by atoms with Crippen molar-refractivity contribution < 1.29 is 0 Å². The highest BCUT2D eigenvalue weighted by Gasteiger charge is 2.26. The molecule has 0 bridgehead atoms. The molecule has 2 nitrogen and oxygen atoms in total. The maximum atomic E-state index is 4.56. The molecule has 2 aromatic rings. The molecule has 2 heteroatoms. The number of hydrogen-bond acceptors (Lipinski definition) is 1. The zero-order valence-electron chi connectivity index (χ0n) is 7.38. The Kier molecular flexibility index (Phi) is 1.29. The first-order chi connectivity index (χ1) is 6.34. The van der Waals surface area contributed by atoms with E-state index in [0.717, 1.165) is 22.4 Å². The van der Waals surface area contributed by atoms with Crippen LogP contribution in [0.2, 0.25) is 0 Å². The van der Waals surface area contributed by atoms with Gasteiger partial charge in [-0.1, -0.05) is 12.1 Å². The molecule has 1 aliphatic carbocycles. The number of aromatic nitrogens is 2. The van der Waals surface area contributed by atoms with Gasteiger partial charge in [0.25, 0.3) is 0 Å². The lowest BCUT2D eigenvalue weighted by atomic mass is 10.2. The minimum Gasteiger partial charge on any atom is -0.342 e. The van der Waals surface area contributed by atoms with Gasteiger partial charge in [-0.3, -0.25) is 0 Å². The average Bonchev–Trinajstić information content (AvgIpc) is 2.87. The number of para-hydroxylation sites is 1. The first-order valence-electron chi connectivity index (χ1n) is 4.65. The molecule has 1 aromatic heterocycles. The normalized spacial score (nSPS) is 16.7. The van der Waals surface area contributed by atoms with Gasteiger partial charge in [0, 0.05) is 5.92 Å². The molecule has 1 heterocycles. The molecule has 0 spiro atoms. The largest absolute Gasteiger partial charge is 0.342 e. The van der Waals surface area contributed by atoms with Crippen LogP contribution in [0.25, 0.3) is 11.0 Å². The molecule has 0 atom stereocenters. The lowest BCUT2D eigenvalue weighted by Gasteiger charge is -1.90. The van der Waals surface area contributed by atoms with Gasteiger partial charge >= 0.3 is 0 Å². The van der Waals surface area contributed by atoms with Crippen LogP contribution in [0.3, 0.4) is 0 Å². The van der Waals surface area contributed by atoms with Gasteiger partial charge < -0.3 is 4.98 Å². The van der Waals surface area contributed by atoms with E-state index in [0.29, 0.717) is 5.92 Å². The summed E-state index contributed by atoms with van der Waals surface area (Å²) in [6, 6.07) is 6.07. The standard InChI is InChI=1S/C11H11N2/c1-7-3-2-4-9-10(7)13-11(12-9)8-5-6-8/h2-4,8H,1,5-6H2,(H,12,13). The van der Waals surface area contributed by atoms with Crippen LogP contribution >= 0.6 is 0 Å². The topological polar surface area (TPSA) is 28.7 Å². The van der Waals surface area contributed by atoms with Crippen molar-refractivity contribution in [2.24, 2.45) is 0 Å². The maximum absolute atomic E-state index is 4.56. The van der Waals surface area contributed by atoms with E-state index in [1.54, 1.807) is 0 Å². The van der Waals surface area contributed by atoms with Crippen molar-refractivity contribution in [3.8, 4) is 0 Å². The summed E-state index contributed by atoms with van der Waals surface area (Å²) < 4.78 is 0. The van der Waals surface area contributed by atoms with E-state index in [4.69, 9.17) is 0 Å². The fourth-order valence-electron chi connectivity index (χ4n) is 1.66. The fourth-order valence-corrected chi connectivity index (χ4v) is 1.66. The zero-order chi connectivity index (χ0) is 8.84. The highest BCUT2D eigenvalue weighted by Crippen LogP contribution is 2.39. The molecule has 65 valence electrons. The van der Waals surface area contributed by atoms with Gasteiger partial charge in [-0.05, 0) is 31.4 Å². The Morgan fingerprint density at radius 2 is 2.23 bits per heavy atom. The van der Waals surface area contributed by atoms with Gasteiger partial charge in [0.2, 0.25) is 0 Å². The highest BCUT2D eigenvalue weighted by molar-refractivity contribution is 5.79. The van der Waals surface area contributed by atoms with E-state index in [9.17, 15) is 0 Å². The Hall–Kier alpha value is -1.31. The van der Waals surface area contributed by atoms with Crippen molar-refractivity contribution in [1.82, 2.24) is 9.97 Å². The Balaban J connectivity index is 2.26. The molecule has 0 unspecified atom stereocenters. The predicted molar refractivity (Wildman–Crippen MR) is 52.5 cm³/mol. The number of aromatic amines is 1. The fraction of sp³-hybridized carbons (Fsp3) is 0.273. The van der Waals surface area contributed by atoms with E-state index in [2.05, 4.69) is 23.0 Å². The first kappa shape index (κ1) is 7.13. The summed E-state index contributed by atoms with van der Waals surface area (Å²) in [6.07, 6.45) is 2.57. The van der Waals surface area contributed by atoms with Gasteiger partial charge in [-0.15, -0.1) is 0 Å². The molecule has 0 amide bonds. The quantitative estimate of drug-likeness (QED) is 0.702. The second-order valence-corrected chi connectivity index (χ2v) is 3.71. The molecular weight excluding hydrogens is 160 g/mol. The van der Waals surface area contributed by atoms with Gasteiger partial charge in [0.1, 0.15) is 5.82 Å². The summed E-state index contributed by atoms with van der Waals surface area (Å²) in [5, 5.41) is 0. The number of nitrogens with one attached hydrogen (secondary N) is 1. The summed E-state index contributed by atoms with van der Waals surface area (Å²) in [4.78, 5) is 7.90. The van der Waals surface area contributed by atoms with Gasteiger partial charge in [-0.2, -0.15) is 0 Å². The van der Waals surface area contributed by atoms with Crippen molar-refractivity contribution in [2.75, 3.05) is 0 Å². The molecule has 1 radical (unpaired) electrons. The van der Waals surface area contributed by atoms with Crippen LogP contribution in [0, 0.1) is 6.92 Å². The van der Waals surface area contributed by atoms with Crippen LogP contribution in [-0.4, -0.2) is 9.97 Å². The van der Waals surface area contributed by atoms with Gasteiger partial charge in [0.15, 0.2) is 0 Å². The number of hydrogen-bond donors (Lipinski definition) is 1. The molecule has 1 N–H and O–H groups in total. The van der Waals surface area contributed by atoms with Crippen molar-refractivity contribution in [3.63, 3.8) is 0 Å². The van der Waals surface area contributed by atoms with Crippen LogP contribution in [-0.2, 0) is 0 Å². The third-order valence-electron chi connectivity index (χ3n) is 2.58. The number of nitrogens with zero attached hydrogens (tertiary/aromatic N) is 1. The number of benzene rings is 1. The Morgan fingerprint density at radius 1 is 1.38 bits per heavy atom. The summed E-state index contributed by atoms with van der Waals surface area (Å²) >= 11 is 0. The van der Waals surface area contributed by atoms with E-state index in [-0.39, 0.29) is 0 Å². The Morgan fingerprint density at radius 3 is 2.92 bits per heavy atom. The predicted octanol–water partition coefficient (Wildman–Crippen LogP) is 2.62. The second kappa shape index (κ2) is 2.34. The zero-order valence-corrected chi connectivity index (χ0v) is 7.38. The molecule has 1 aliphatic rings. The lowest BCUT2D eigenvalue weighted by molar-refractivity contribution is 0.986. The summed E-state index contributed by atoms with van der Waals surface area (Å²) in [6.45, 7) is 3.96. The Bertz CT molecular complexity index is 452. The minimum absolute atomic E-state index is 0.687. The van der Waals surface area contributed by atoms with Crippen LogP contribution in [0.1, 0.15) is 30.1 Å². The van der Waals surface area contributed by atoms with Crippen molar-refractivity contribution >= 4 is 11.0 Å². The molecule has 1 saturated carbocycles. The van der Waals surface area contributed by atoms with Crippen molar-refractivity contribution in [1.29, 1.82) is 0 Å². The monoisotopic (exact) mass is 171 g/mol. The summed E-state index contributed by atoms with van der Waals surface area (Å²) in [5.74, 6) is 1.83. The summed E-state index contributed by atoms with van der Waals surface area (Å²) in [7, 11) is 0. The highest BCUT2D eigenvalue weighted by atomic mass is 14.9. The van der Waals surface area contributed by atoms with Crippen LogP contribution in [0.4, 0.5) is 0 Å². The van der Waals surface area contributed by atoms with E-state index < -0.39 is 0 Å². The molecular formula is C11H11N2. The number of fused-ring (bicyclic) bond motifs is 1. The Labute approximate surface area is 77.0 Å². The van der Waals surface area contributed by atoms with E-state index in [1.165, 1.54) is 12.8 Å². The maximum Gasteiger partial charge on any atom is 0.110 e. The molecule has 1 fully saturated rings. The molecule has 1 aromatic carbocycles. The summed E-state index contributed by atoms with van der Waals surface area (Å²) in [5.41, 5.74) is 3.17. The van der Waals surface area contributed by atoms with Crippen molar-refractivity contribution in [3.05, 3.63) is 36.5 Å². The van der Waals surface area contributed by atoms with E-state index in [1.807, 2.05) is 12.1 Å². The van der Waals surface area contributed by atoms with E-state index >= 15 is 0 Å². The molecule has 0 aliphatic heterocycles. The lowest BCUT2D eigenvalue weighted by Crippen LogP contribution is -1.80. The molecule has 0 saturated heterocycles. The number of H-pyrrole nitrogens is 1. The van der Waals surface area contributed by atoms with Gasteiger partial charge in [0.05, 0.1) is 11.0 Å². The molecule has 13 heavy (non-hydrogen) atoms. The van der Waals surface area contributed by atoms with Crippen LogP contribution in [0.5, 0.6) is 0 Å². The first-order valence-corrected chi connectivity index (χ1v) is 4.65. The van der Waals surface area contributed by atoms with Crippen LogP contribution in [0.15, 0.2) is 18.2 Å². The van der Waals surface area contributed by atoms with Crippen molar-refractivity contribution in [2.45, 2.75) is 18.8 Å². The molecule has 3 rings (SSSR count). The number of imidazole rings is 1. The van der Waals surface area contributed by atoms with Crippen LogP contribution < -0.4 is 0 Å². The SMILES string of the molecule is [CH2]c1cccc2[nH]c(C3CC3)nc12.